The summed E-state index contributed by atoms with van der Waals surface area (Å²) < 4.78 is 0. The van der Waals surface area contributed by atoms with Gasteiger partial charge in [0.25, 0.3) is 5.91 Å². The highest BCUT2D eigenvalue weighted by atomic mass is 32.1. The maximum Gasteiger partial charge on any atom is 0.254 e. The fourth-order valence-corrected chi connectivity index (χ4v) is 5.61. The monoisotopic (exact) mass is 434 g/mol. The normalized spacial score (nSPS) is 18.0. The summed E-state index contributed by atoms with van der Waals surface area (Å²) in [5.41, 5.74) is 3.01. The van der Waals surface area contributed by atoms with Crippen molar-refractivity contribution in [3.05, 3.63) is 76.2 Å². The van der Waals surface area contributed by atoms with Crippen LogP contribution in [0.4, 0.5) is 5.00 Å². The van der Waals surface area contributed by atoms with E-state index in [1.807, 2.05) is 24.3 Å². The van der Waals surface area contributed by atoms with E-state index < -0.39 is 0 Å². The molecule has 2 aliphatic carbocycles. The van der Waals surface area contributed by atoms with E-state index in [2.05, 4.69) is 34.9 Å². The van der Waals surface area contributed by atoms with Crippen molar-refractivity contribution in [1.82, 2.24) is 5.32 Å². The van der Waals surface area contributed by atoms with Gasteiger partial charge in [-0.15, -0.1) is 11.3 Å². The molecule has 1 atom stereocenters. The van der Waals surface area contributed by atoms with Gasteiger partial charge in [0.2, 0.25) is 5.91 Å². The summed E-state index contributed by atoms with van der Waals surface area (Å²) in [6.45, 7) is 0.579. The lowest BCUT2D eigenvalue weighted by Gasteiger charge is -2.13. The van der Waals surface area contributed by atoms with Gasteiger partial charge in [-0.2, -0.15) is 0 Å². The Morgan fingerprint density at radius 1 is 1.10 bits per heavy atom. The molecule has 4 nitrogen and oxygen atoms in total. The van der Waals surface area contributed by atoms with E-state index in [-0.39, 0.29) is 11.8 Å². The molecule has 1 unspecified atom stereocenters. The number of amides is 2. The van der Waals surface area contributed by atoms with Crippen LogP contribution in [-0.4, -0.2) is 18.4 Å². The molecule has 0 fully saturated rings. The standard InChI is InChI=1S/C26H30N2O2S/c29-23(16-15-19-9-3-1-4-10-19)28-26-24(21-13-7-8-14-22(21)31-26)25(30)27-18-17-20-11-5-2-6-12-20/h1-3,5-6,11-12,15-16,19H,4,7-10,13-14,17-18H2,(H,27,30)(H,28,29). The van der Waals surface area contributed by atoms with Crippen LogP contribution in [0.3, 0.4) is 0 Å². The largest absolute Gasteiger partial charge is 0.352 e. The minimum atomic E-state index is -0.147. The number of hydrogen-bond donors (Lipinski definition) is 2. The molecule has 0 aliphatic heterocycles. The van der Waals surface area contributed by atoms with Gasteiger partial charge in [-0.05, 0) is 74.5 Å². The zero-order valence-electron chi connectivity index (χ0n) is 17.9. The Balaban J connectivity index is 1.44. The minimum Gasteiger partial charge on any atom is -0.352 e. The molecule has 1 heterocycles. The molecule has 2 aliphatic rings. The van der Waals surface area contributed by atoms with Crippen LogP contribution in [0.1, 0.15) is 58.5 Å². The number of hydrogen-bond acceptors (Lipinski definition) is 3. The molecule has 162 valence electrons. The number of carbonyl (C=O) groups excluding carboxylic acids is 2. The van der Waals surface area contributed by atoms with E-state index >= 15 is 0 Å². The molecule has 2 amide bonds. The summed E-state index contributed by atoms with van der Waals surface area (Å²) in [6, 6.07) is 10.2. The van der Waals surface area contributed by atoms with Crippen LogP contribution < -0.4 is 10.6 Å². The van der Waals surface area contributed by atoms with E-state index in [0.717, 1.165) is 56.9 Å². The number of rotatable bonds is 7. The van der Waals surface area contributed by atoms with Crippen LogP contribution in [0.5, 0.6) is 0 Å². The van der Waals surface area contributed by atoms with Crippen molar-refractivity contribution >= 4 is 28.2 Å². The highest BCUT2D eigenvalue weighted by molar-refractivity contribution is 7.17. The minimum absolute atomic E-state index is 0.0768. The van der Waals surface area contributed by atoms with Crippen LogP contribution in [0, 0.1) is 5.92 Å². The topological polar surface area (TPSA) is 58.2 Å². The van der Waals surface area contributed by atoms with E-state index in [1.165, 1.54) is 10.4 Å². The Hall–Kier alpha value is -2.66. The predicted molar refractivity (Wildman–Crippen MR) is 128 cm³/mol. The third-order valence-electron chi connectivity index (χ3n) is 6.01. The first-order valence-electron chi connectivity index (χ1n) is 11.3. The summed E-state index contributed by atoms with van der Waals surface area (Å²) in [4.78, 5) is 26.9. The lowest BCUT2D eigenvalue weighted by Crippen LogP contribution is -2.27. The molecule has 0 radical (unpaired) electrons. The van der Waals surface area contributed by atoms with Crippen molar-refractivity contribution < 1.29 is 9.59 Å². The third kappa shape index (κ3) is 5.73. The predicted octanol–water partition coefficient (Wildman–Crippen LogP) is 5.45. The highest BCUT2D eigenvalue weighted by Crippen LogP contribution is 2.38. The molecule has 2 aromatic rings. The van der Waals surface area contributed by atoms with Gasteiger partial charge >= 0.3 is 0 Å². The molecule has 1 aromatic carbocycles. The van der Waals surface area contributed by atoms with E-state index in [9.17, 15) is 9.59 Å². The van der Waals surface area contributed by atoms with Gasteiger partial charge in [-0.1, -0.05) is 48.6 Å². The van der Waals surface area contributed by atoms with Crippen molar-refractivity contribution in [1.29, 1.82) is 0 Å². The molecule has 0 bridgehead atoms. The molecule has 4 rings (SSSR count). The zero-order valence-corrected chi connectivity index (χ0v) is 18.7. The van der Waals surface area contributed by atoms with Crippen LogP contribution in [0.25, 0.3) is 0 Å². The Kier molecular flexibility index (Phi) is 7.36. The van der Waals surface area contributed by atoms with Crippen LogP contribution in [0.2, 0.25) is 0 Å². The number of thiophene rings is 1. The number of aryl methyl sites for hydroxylation is 1. The van der Waals surface area contributed by atoms with Gasteiger partial charge < -0.3 is 10.6 Å². The zero-order chi connectivity index (χ0) is 21.5. The van der Waals surface area contributed by atoms with Gasteiger partial charge in [0.15, 0.2) is 0 Å². The van der Waals surface area contributed by atoms with E-state index in [4.69, 9.17) is 0 Å². The van der Waals surface area contributed by atoms with E-state index in [0.29, 0.717) is 23.0 Å². The maximum absolute atomic E-state index is 13.1. The lowest BCUT2D eigenvalue weighted by molar-refractivity contribution is -0.111. The van der Waals surface area contributed by atoms with E-state index in [1.54, 1.807) is 17.4 Å². The van der Waals surface area contributed by atoms with Crippen molar-refractivity contribution in [2.45, 2.75) is 51.4 Å². The Bertz CT molecular complexity index is 975. The Morgan fingerprint density at radius 3 is 2.74 bits per heavy atom. The number of nitrogens with one attached hydrogen (secondary N) is 2. The summed E-state index contributed by atoms with van der Waals surface area (Å²) in [5, 5.41) is 6.78. The molecule has 31 heavy (non-hydrogen) atoms. The van der Waals surface area contributed by atoms with Gasteiger partial charge in [-0.3, -0.25) is 9.59 Å². The average Bonchev–Trinajstić information content (AvgIpc) is 3.17. The molecule has 0 spiro atoms. The molecule has 1 aromatic heterocycles. The second-order valence-corrected chi connectivity index (χ2v) is 9.40. The second kappa shape index (κ2) is 10.6. The van der Waals surface area contributed by atoms with Crippen molar-refractivity contribution in [2.75, 3.05) is 11.9 Å². The quantitative estimate of drug-likeness (QED) is 0.450. The fraction of sp³-hybridized carbons (Fsp3) is 0.385. The smallest absolute Gasteiger partial charge is 0.254 e. The number of anilines is 1. The Labute approximate surface area is 188 Å². The van der Waals surface area contributed by atoms with Gasteiger partial charge in [-0.25, -0.2) is 0 Å². The SMILES string of the molecule is O=C(C=CC1CC=CCC1)Nc1sc2c(c1C(=O)NCCc1ccccc1)CCCC2. The molecule has 0 saturated heterocycles. The lowest BCUT2D eigenvalue weighted by atomic mass is 9.94. The fourth-order valence-electron chi connectivity index (χ4n) is 4.32. The summed E-state index contributed by atoms with van der Waals surface area (Å²) >= 11 is 1.57. The first-order chi connectivity index (χ1) is 15.2. The van der Waals surface area contributed by atoms with Crippen LogP contribution >= 0.6 is 11.3 Å². The highest BCUT2D eigenvalue weighted by Gasteiger charge is 2.26. The van der Waals surface area contributed by atoms with Crippen molar-refractivity contribution in [3.8, 4) is 0 Å². The van der Waals surface area contributed by atoms with Crippen LogP contribution in [0.15, 0.2) is 54.6 Å². The van der Waals surface area contributed by atoms with Crippen molar-refractivity contribution in [2.24, 2.45) is 5.92 Å². The molecule has 0 saturated carbocycles. The average molecular weight is 435 g/mol. The number of benzene rings is 1. The molecular formula is C26H30N2O2S. The summed E-state index contributed by atoms with van der Waals surface area (Å²) in [6.07, 6.45) is 16.1. The number of fused-ring (bicyclic) bond motifs is 1. The first kappa shape index (κ1) is 21.6. The van der Waals surface area contributed by atoms with Gasteiger partial charge in [0.05, 0.1) is 5.56 Å². The van der Waals surface area contributed by atoms with Crippen LogP contribution in [-0.2, 0) is 24.1 Å². The molecular weight excluding hydrogens is 404 g/mol. The molecule has 2 N–H and O–H groups in total. The second-order valence-electron chi connectivity index (χ2n) is 8.30. The summed E-state index contributed by atoms with van der Waals surface area (Å²) in [7, 11) is 0. The van der Waals surface area contributed by atoms with Gasteiger partial charge in [0.1, 0.15) is 5.00 Å². The Morgan fingerprint density at radius 2 is 1.94 bits per heavy atom. The van der Waals surface area contributed by atoms with Crippen molar-refractivity contribution in [3.63, 3.8) is 0 Å². The first-order valence-corrected chi connectivity index (χ1v) is 12.1. The molecule has 5 heteroatoms. The summed E-state index contributed by atoms with van der Waals surface area (Å²) in [5.74, 6) is 0.201. The van der Waals surface area contributed by atoms with Gasteiger partial charge in [0, 0.05) is 11.4 Å². The maximum atomic E-state index is 13.1. The third-order valence-corrected chi connectivity index (χ3v) is 7.21. The number of allylic oxidation sites excluding steroid dienone is 3. The number of carbonyl (C=O) groups is 2.